The third-order valence-corrected chi connectivity index (χ3v) is 4.11. The number of pyridine rings is 1. The first-order valence-corrected chi connectivity index (χ1v) is 7.53. The Kier molecular flexibility index (Phi) is 4.21. The molecule has 0 aliphatic rings. The summed E-state index contributed by atoms with van der Waals surface area (Å²) in [5, 5.41) is 5.72. The van der Waals surface area contributed by atoms with Crippen LogP contribution < -0.4 is 5.32 Å². The Morgan fingerprint density at radius 1 is 0.950 bits per heavy atom. The number of aromatic nitrogens is 1. The van der Waals surface area contributed by atoms with E-state index in [2.05, 4.69) is 52.1 Å². The van der Waals surface area contributed by atoms with Crippen LogP contribution in [-0.4, -0.2) is 4.98 Å². The van der Waals surface area contributed by atoms with Crippen molar-refractivity contribution in [1.29, 1.82) is 0 Å². The van der Waals surface area contributed by atoms with Crippen LogP contribution in [0.5, 0.6) is 0 Å². The van der Waals surface area contributed by atoms with Crippen LogP contribution >= 0.6 is 11.3 Å². The Hall–Kier alpha value is -1.97. The van der Waals surface area contributed by atoms with E-state index in [1.807, 2.05) is 30.5 Å². The van der Waals surface area contributed by atoms with E-state index < -0.39 is 0 Å². The summed E-state index contributed by atoms with van der Waals surface area (Å²) in [6.07, 6.45) is 1.83. The maximum absolute atomic E-state index is 4.37. The summed E-state index contributed by atoms with van der Waals surface area (Å²) in [6.45, 7) is 0.762. The zero-order valence-electron chi connectivity index (χ0n) is 11.1. The van der Waals surface area contributed by atoms with E-state index >= 15 is 0 Å². The predicted octanol–water partition coefficient (Wildman–Crippen LogP) is 4.02. The van der Waals surface area contributed by atoms with Gasteiger partial charge in [0.25, 0.3) is 0 Å². The van der Waals surface area contributed by atoms with E-state index in [1.165, 1.54) is 10.4 Å². The quantitative estimate of drug-likeness (QED) is 0.763. The van der Waals surface area contributed by atoms with E-state index in [0.717, 1.165) is 12.2 Å². The van der Waals surface area contributed by atoms with Crippen LogP contribution in [-0.2, 0) is 6.54 Å². The molecule has 0 saturated heterocycles. The third kappa shape index (κ3) is 3.13. The average molecular weight is 280 g/mol. The normalized spacial score (nSPS) is 12.2. The van der Waals surface area contributed by atoms with Crippen LogP contribution in [0, 0.1) is 0 Å². The van der Waals surface area contributed by atoms with Crippen molar-refractivity contribution in [1.82, 2.24) is 10.3 Å². The van der Waals surface area contributed by atoms with Gasteiger partial charge in [-0.2, -0.15) is 0 Å². The summed E-state index contributed by atoms with van der Waals surface area (Å²) in [5.74, 6) is 0. The molecule has 2 nitrogen and oxygen atoms in total. The number of rotatable bonds is 5. The molecule has 0 fully saturated rings. The lowest BCUT2D eigenvalue weighted by Gasteiger charge is -2.17. The maximum atomic E-state index is 4.37. The van der Waals surface area contributed by atoms with E-state index in [9.17, 15) is 0 Å². The largest absolute Gasteiger partial charge is 0.300 e. The van der Waals surface area contributed by atoms with Crippen molar-refractivity contribution in [3.8, 4) is 0 Å². The number of nitrogens with zero attached hydrogens (tertiary/aromatic N) is 1. The van der Waals surface area contributed by atoms with Gasteiger partial charge < -0.3 is 0 Å². The van der Waals surface area contributed by atoms with Crippen LogP contribution in [0.4, 0.5) is 0 Å². The molecule has 3 rings (SSSR count). The highest BCUT2D eigenvalue weighted by molar-refractivity contribution is 7.10. The fourth-order valence-corrected chi connectivity index (χ4v) is 3.02. The van der Waals surface area contributed by atoms with Gasteiger partial charge in [0.1, 0.15) is 0 Å². The highest BCUT2D eigenvalue weighted by atomic mass is 32.1. The van der Waals surface area contributed by atoms with Gasteiger partial charge in [-0.3, -0.25) is 10.3 Å². The Balaban J connectivity index is 1.80. The molecule has 2 aromatic heterocycles. The predicted molar refractivity (Wildman–Crippen MR) is 83.7 cm³/mol. The van der Waals surface area contributed by atoms with Crippen LogP contribution in [0.15, 0.2) is 72.2 Å². The van der Waals surface area contributed by atoms with Crippen LogP contribution in [0.25, 0.3) is 0 Å². The zero-order chi connectivity index (χ0) is 13.6. The lowest BCUT2D eigenvalue weighted by Crippen LogP contribution is -2.21. The highest BCUT2D eigenvalue weighted by Crippen LogP contribution is 2.26. The topological polar surface area (TPSA) is 24.9 Å². The summed E-state index contributed by atoms with van der Waals surface area (Å²) in [5.41, 5.74) is 2.34. The van der Waals surface area contributed by atoms with Gasteiger partial charge in [-0.15, -0.1) is 11.3 Å². The number of hydrogen-bond donors (Lipinski definition) is 1. The lowest BCUT2D eigenvalue weighted by atomic mass is 10.1. The van der Waals surface area contributed by atoms with E-state index in [1.54, 1.807) is 11.3 Å². The van der Waals surface area contributed by atoms with Crippen LogP contribution in [0.1, 0.15) is 22.2 Å². The van der Waals surface area contributed by atoms with E-state index in [-0.39, 0.29) is 6.04 Å². The van der Waals surface area contributed by atoms with Gasteiger partial charge in [-0.25, -0.2) is 0 Å². The SMILES string of the molecule is c1ccc(C(NCc2ccccn2)c2cccs2)cc1. The Bertz CT molecular complexity index is 621. The first kappa shape index (κ1) is 13.0. The molecule has 0 aliphatic heterocycles. The molecule has 0 spiro atoms. The number of thiophene rings is 1. The van der Waals surface area contributed by atoms with Gasteiger partial charge >= 0.3 is 0 Å². The molecule has 1 atom stereocenters. The van der Waals surface area contributed by atoms with Gasteiger partial charge in [-0.05, 0) is 29.1 Å². The van der Waals surface area contributed by atoms with Gasteiger partial charge in [0.05, 0.1) is 11.7 Å². The summed E-state index contributed by atoms with van der Waals surface area (Å²) in [7, 11) is 0. The Morgan fingerprint density at radius 3 is 2.50 bits per heavy atom. The molecule has 3 aromatic rings. The summed E-state index contributed by atoms with van der Waals surface area (Å²) in [6, 6.07) is 21.0. The Labute approximate surface area is 123 Å². The third-order valence-electron chi connectivity index (χ3n) is 3.17. The molecule has 0 saturated carbocycles. The van der Waals surface area contributed by atoms with Crippen molar-refractivity contribution in [2.75, 3.05) is 0 Å². The molecule has 100 valence electrons. The van der Waals surface area contributed by atoms with Crippen LogP contribution in [0.3, 0.4) is 0 Å². The molecule has 0 amide bonds. The van der Waals surface area contributed by atoms with Crippen molar-refractivity contribution < 1.29 is 0 Å². The molecule has 20 heavy (non-hydrogen) atoms. The minimum atomic E-state index is 0.221. The van der Waals surface area contributed by atoms with E-state index in [0.29, 0.717) is 0 Å². The standard InChI is InChI=1S/C17H16N2S/c1-2-7-14(8-3-1)17(16-10-6-12-20-16)19-13-15-9-4-5-11-18-15/h1-12,17,19H,13H2. The number of benzene rings is 1. The minimum absolute atomic E-state index is 0.221. The van der Waals surface area contributed by atoms with Gasteiger partial charge in [0.15, 0.2) is 0 Å². The molecule has 3 heteroatoms. The van der Waals surface area contributed by atoms with Crippen molar-refractivity contribution in [2.45, 2.75) is 12.6 Å². The smallest absolute Gasteiger partial charge is 0.0674 e. The van der Waals surface area contributed by atoms with Crippen molar-refractivity contribution in [2.24, 2.45) is 0 Å². The monoisotopic (exact) mass is 280 g/mol. The minimum Gasteiger partial charge on any atom is -0.300 e. The number of nitrogens with one attached hydrogen (secondary N) is 1. The Morgan fingerprint density at radius 2 is 1.80 bits per heavy atom. The lowest BCUT2D eigenvalue weighted by molar-refractivity contribution is 0.604. The molecular weight excluding hydrogens is 264 g/mol. The second-order valence-corrected chi connectivity index (χ2v) is 5.54. The fourth-order valence-electron chi connectivity index (χ4n) is 2.19. The van der Waals surface area contributed by atoms with Gasteiger partial charge in [-0.1, -0.05) is 42.5 Å². The molecule has 2 heterocycles. The average Bonchev–Trinajstić information content (AvgIpc) is 3.04. The first-order valence-electron chi connectivity index (χ1n) is 6.65. The molecule has 1 unspecified atom stereocenters. The first-order chi connectivity index (χ1) is 9.93. The summed E-state index contributed by atoms with van der Waals surface area (Å²) >= 11 is 1.78. The molecule has 1 N–H and O–H groups in total. The van der Waals surface area contributed by atoms with Gasteiger partial charge in [0, 0.05) is 17.6 Å². The van der Waals surface area contributed by atoms with Crippen molar-refractivity contribution >= 4 is 11.3 Å². The molecule has 1 aromatic carbocycles. The molecule has 0 radical (unpaired) electrons. The van der Waals surface area contributed by atoms with Crippen LogP contribution in [0.2, 0.25) is 0 Å². The zero-order valence-corrected chi connectivity index (χ0v) is 11.9. The highest BCUT2D eigenvalue weighted by Gasteiger charge is 2.14. The van der Waals surface area contributed by atoms with E-state index in [4.69, 9.17) is 0 Å². The molecule has 0 aliphatic carbocycles. The molecule has 0 bridgehead atoms. The summed E-state index contributed by atoms with van der Waals surface area (Å²) < 4.78 is 0. The van der Waals surface area contributed by atoms with Crippen molar-refractivity contribution in [3.05, 3.63) is 88.4 Å². The second kappa shape index (κ2) is 6.46. The van der Waals surface area contributed by atoms with Crippen molar-refractivity contribution in [3.63, 3.8) is 0 Å². The number of hydrogen-bond acceptors (Lipinski definition) is 3. The van der Waals surface area contributed by atoms with Gasteiger partial charge in [0.2, 0.25) is 0 Å². The molecular formula is C17H16N2S. The summed E-state index contributed by atoms with van der Waals surface area (Å²) in [4.78, 5) is 5.69. The second-order valence-electron chi connectivity index (χ2n) is 4.56. The fraction of sp³-hybridized carbons (Fsp3) is 0.118. The maximum Gasteiger partial charge on any atom is 0.0674 e.